The van der Waals surface area contributed by atoms with Crippen molar-refractivity contribution in [3.05, 3.63) is 42.0 Å². The van der Waals surface area contributed by atoms with Crippen LogP contribution in [0, 0.1) is 0 Å². The molecule has 2 rings (SSSR count). The van der Waals surface area contributed by atoms with Crippen molar-refractivity contribution < 1.29 is 18.3 Å². The number of nitrogens with one attached hydrogen (secondary N) is 2. The van der Waals surface area contributed by atoms with E-state index in [9.17, 15) is 8.78 Å². The van der Waals surface area contributed by atoms with Crippen molar-refractivity contribution in [2.75, 3.05) is 21.3 Å². The number of hydrogen-bond donors (Lipinski definition) is 2. The highest BCUT2D eigenvalue weighted by atomic mass is 19.3. The molecule has 0 atom stereocenters. The number of rotatable bonds is 7. The van der Waals surface area contributed by atoms with Crippen LogP contribution in [0.3, 0.4) is 0 Å². The molecule has 1 aromatic heterocycles. The molecule has 136 valence electrons. The van der Waals surface area contributed by atoms with Crippen LogP contribution in [0.1, 0.15) is 17.9 Å². The molecule has 2 aromatic rings. The van der Waals surface area contributed by atoms with Crippen molar-refractivity contribution >= 4 is 5.96 Å². The molecule has 9 heteroatoms. The van der Waals surface area contributed by atoms with Gasteiger partial charge in [-0.1, -0.05) is 6.07 Å². The highest BCUT2D eigenvalue weighted by molar-refractivity contribution is 5.79. The molecule has 0 saturated carbocycles. The molecule has 7 nitrogen and oxygen atoms in total. The molecule has 0 fully saturated rings. The Balaban J connectivity index is 1.93. The van der Waals surface area contributed by atoms with Gasteiger partial charge < -0.3 is 20.1 Å². The standard InChI is InChI=1S/C16H21F2N5O2/c1-19-16(22-10-14-20-6-7-23(14)15(17)18)21-9-11-4-5-12(24-2)13(8-11)25-3/h4-8,15H,9-10H2,1-3H3,(H2,19,21,22). The largest absolute Gasteiger partial charge is 0.493 e. The third-order valence-electron chi connectivity index (χ3n) is 3.50. The molecule has 0 bridgehead atoms. The Hall–Kier alpha value is -2.84. The second kappa shape index (κ2) is 8.86. The third-order valence-corrected chi connectivity index (χ3v) is 3.50. The van der Waals surface area contributed by atoms with E-state index in [1.54, 1.807) is 21.3 Å². The van der Waals surface area contributed by atoms with E-state index in [4.69, 9.17) is 9.47 Å². The molecule has 25 heavy (non-hydrogen) atoms. The fraction of sp³-hybridized carbons (Fsp3) is 0.375. The number of nitrogens with zero attached hydrogens (tertiary/aromatic N) is 3. The minimum atomic E-state index is -2.62. The summed E-state index contributed by atoms with van der Waals surface area (Å²) in [7, 11) is 4.75. The lowest BCUT2D eigenvalue weighted by molar-refractivity contribution is 0.0668. The highest BCUT2D eigenvalue weighted by Crippen LogP contribution is 2.27. The second-order valence-corrected chi connectivity index (χ2v) is 5.00. The summed E-state index contributed by atoms with van der Waals surface area (Å²) in [5.74, 6) is 1.97. The maximum atomic E-state index is 12.8. The summed E-state index contributed by atoms with van der Waals surface area (Å²) in [6, 6.07) is 5.55. The van der Waals surface area contributed by atoms with Crippen LogP contribution in [0.5, 0.6) is 11.5 Å². The first-order valence-electron chi connectivity index (χ1n) is 7.54. The van der Waals surface area contributed by atoms with Gasteiger partial charge in [0.15, 0.2) is 17.5 Å². The number of benzene rings is 1. The van der Waals surface area contributed by atoms with E-state index in [0.29, 0.717) is 24.0 Å². The molecule has 2 N–H and O–H groups in total. The van der Waals surface area contributed by atoms with Gasteiger partial charge in [-0.2, -0.15) is 8.78 Å². The van der Waals surface area contributed by atoms with Gasteiger partial charge >= 0.3 is 6.55 Å². The lowest BCUT2D eigenvalue weighted by Gasteiger charge is -2.14. The summed E-state index contributed by atoms with van der Waals surface area (Å²) in [5.41, 5.74) is 0.953. The summed E-state index contributed by atoms with van der Waals surface area (Å²) >= 11 is 0. The zero-order valence-corrected chi connectivity index (χ0v) is 14.3. The van der Waals surface area contributed by atoms with E-state index in [0.717, 1.165) is 10.1 Å². The molecule has 0 radical (unpaired) electrons. The average molecular weight is 353 g/mol. The Labute approximate surface area is 144 Å². The van der Waals surface area contributed by atoms with Crippen LogP contribution in [0.25, 0.3) is 0 Å². The minimum absolute atomic E-state index is 0.128. The summed E-state index contributed by atoms with van der Waals surface area (Å²) in [6.07, 6.45) is 2.57. The zero-order chi connectivity index (χ0) is 18.2. The minimum Gasteiger partial charge on any atom is -0.493 e. The molecule has 0 aliphatic heterocycles. The zero-order valence-electron chi connectivity index (χ0n) is 14.3. The summed E-state index contributed by atoms with van der Waals surface area (Å²) in [5, 5.41) is 6.06. The first-order chi connectivity index (χ1) is 12.1. The number of methoxy groups -OCH3 is 2. The van der Waals surface area contributed by atoms with Crippen LogP contribution < -0.4 is 20.1 Å². The van der Waals surface area contributed by atoms with Gasteiger partial charge in [-0.15, -0.1) is 0 Å². The number of imidazole rings is 1. The normalized spacial score (nSPS) is 11.5. The molecule has 1 heterocycles. The fourth-order valence-electron chi connectivity index (χ4n) is 2.22. The molecule has 0 amide bonds. The van der Waals surface area contributed by atoms with E-state index in [2.05, 4.69) is 20.6 Å². The van der Waals surface area contributed by atoms with Crippen molar-refractivity contribution in [2.45, 2.75) is 19.6 Å². The third kappa shape index (κ3) is 4.82. The smallest absolute Gasteiger partial charge is 0.319 e. The van der Waals surface area contributed by atoms with Gasteiger partial charge in [0, 0.05) is 26.0 Å². The SMILES string of the molecule is CN=C(NCc1ccc(OC)c(OC)c1)NCc1nccn1C(F)F. The molecular weight excluding hydrogens is 332 g/mol. The van der Waals surface area contributed by atoms with Gasteiger partial charge in [-0.05, 0) is 17.7 Å². The molecule has 0 aliphatic carbocycles. The summed E-state index contributed by atoms with van der Waals surface area (Å²) in [6.45, 7) is -2.02. The van der Waals surface area contributed by atoms with Crippen LogP contribution in [-0.4, -0.2) is 36.8 Å². The van der Waals surface area contributed by atoms with Gasteiger partial charge in [0.25, 0.3) is 0 Å². The number of guanidine groups is 1. The lowest BCUT2D eigenvalue weighted by Crippen LogP contribution is -2.37. The molecule has 0 spiro atoms. The van der Waals surface area contributed by atoms with E-state index >= 15 is 0 Å². The van der Waals surface area contributed by atoms with Crippen LogP contribution in [0.4, 0.5) is 8.78 Å². The number of alkyl halides is 2. The monoisotopic (exact) mass is 353 g/mol. The number of halogens is 2. The van der Waals surface area contributed by atoms with Crippen LogP contribution in [-0.2, 0) is 13.1 Å². The molecular formula is C16H21F2N5O2. The predicted molar refractivity (Wildman–Crippen MR) is 90.1 cm³/mol. The van der Waals surface area contributed by atoms with Crippen LogP contribution >= 0.6 is 0 Å². The van der Waals surface area contributed by atoms with E-state index in [1.807, 2.05) is 18.2 Å². The number of aliphatic imine (C=N–C) groups is 1. The van der Waals surface area contributed by atoms with Crippen molar-refractivity contribution in [1.82, 2.24) is 20.2 Å². The second-order valence-electron chi connectivity index (χ2n) is 5.00. The van der Waals surface area contributed by atoms with Gasteiger partial charge in [0.05, 0.1) is 20.8 Å². The van der Waals surface area contributed by atoms with Gasteiger partial charge in [-0.25, -0.2) is 4.98 Å². The van der Waals surface area contributed by atoms with Crippen molar-refractivity contribution in [2.24, 2.45) is 4.99 Å². The Morgan fingerprint density at radius 1 is 1.20 bits per heavy atom. The van der Waals surface area contributed by atoms with Crippen molar-refractivity contribution in [1.29, 1.82) is 0 Å². The maximum Gasteiger partial charge on any atom is 0.319 e. The van der Waals surface area contributed by atoms with Crippen molar-refractivity contribution in [3.63, 3.8) is 0 Å². The Morgan fingerprint density at radius 3 is 2.56 bits per heavy atom. The first kappa shape index (κ1) is 18.5. The highest BCUT2D eigenvalue weighted by Gasteiger charge is 2.11. The number of hydrogen-bond acceptors (Lipinski definition) is 4. The van der Waals surface area contributed by atoms with E-state index in [1.165, 1.54) is 12.4 Å². The van der Waals surface area contributed by atoms with Crippen LogP contribution in [0.15, 0.2) is 35.6 Å². The fourth-order valence-corrected chi connectivity index (χ4v) is 2.22. The lowest BCUT2D eigenvalue weighted by atomic mass is 10.2. The van der Waals surface area contributed by atoms with Crippen molar-refractivity contribution in [3.8, 4) is 11.5 Å². The quantitative estimate of drug-likeness (QED) is 0.590. The molecule has 0 saturated heterocycles. The molecule has 1 aromatic carbocycles. The predicted octanol–water partition coefficient (Wildman–Crippen LogP) is 2.16. The Bertz CT molecular complexity index is 718. The van der Waals surface area contributed by atoms with Crippen LogP contribution in [0.2, 0.25) is 0 Å². The number of aromatic nitrogens is 2. The first-order valence-corrected chi connectivity index (χ1v) is 7.54. The van der Waals surface area contributed by atoms with Gasteiger partial charge in [0.2, 0.25) is 0 Å². The average Bonchev–Trinajstić information content (AvgIpc) is 3.10. The summed E-state index contributed by atoms with van der Waals surface area (Å²) < 4.78 is 36.9. The van der Waals surface area contributed by atoms with E-state index in [-0.39, 0.29) is 12.4 Å². The topological polar surface area (TPSA) is 72.7 Å². The van der Waals surface area contributed by atoms with E-state index < -0.39 is 6.55 Å². The maximum absolute atomic E-state index is 12.8. The molecule has 0 aliphatic rings. The van der Waals surface area contributed by atoms with Gasteiger partial charge in [-0.3, -0.25) is 9.56 Å². The Kier molecular flexibility index (Phi) is 6.55. The molecule has 0 unspecified atom stereocenters. The summed E-state index contributed by atoms with van der Waals surface area (Å²) in [4.78, 5) is 7.98. The van der Waals surface area contributed by atoms with Gasteiger partial charge in [0.1, 0.15) is 5.82 Å². The Morgan fingerprint density at radius 2 is 1.92 bits per heavy atom. The number of ether oxygens (including phenoxy) is 2.